The van der Waals surface area contributed by atoms with Crippen LogP contribution >= 0.6 is 11.8 Å². The number of nitrogens with zero attached hydrogens (tertiary/aromatic N) is 3. The standard InChI is InChI=1S/C29H29N5O5S/c1-3-24(27(36)31-18-8-6-9-19(16-18)38-2)40-29-33-22-12-5-4-11-21(22)26-32-23(28(37)34(26)29)13-14-25(35)30-17-20-10-7-15-39-20/h4-12,15-16,23-24H,3,13-14,17H2,1-2H3,(H,30,35)(H,31,36)/t23-,24+/m0/s1. The number of aliphatic imine (C=N–C) groups is 2. The number of amides is 3. The van der Waals surface area contributed by atoms with Gasteiger partial charge in [0.05, 0.1) is 30.9 Å². The van der Waals surface area contributed by atoms with Crippen LogP contribution in [0.2, 0.25) is 0 Å². The van der Waals surface area contributed by atoms with E-state index < -0.39 is 11.3 Å². The highest BCUT2D eigenvalue weighted by Crippen LogP contribution is 2.36. The van der Waals surface area contributed by atoms with Crippen molar-refractivity contribution in [3.63, 3.8) is 0 Å². The lowest BCUT2D eigenvalue weighted by Crippen LogP contribution is -2.42. The van der Waals surface area contributed by atoms with Gasteiger partial charge >= 0.3 is 0 Å². The molecule has 3 amide bonds. The highest BCUT2D eigenvalue weighted by molar-refractivity contribution is 8.15. The normalized spacial score (nSPS) is 16.4. The molecule has 0 aliphatic carbocycles. The Morgan fingerprint density at radius 1 is 1.15 bits per heavy atom. The molecule has 40 heavy (non-hydrogen) atoms. The number of thioether (sulfide) groups is 1. The maximum atomic E-state index is 13.6. The molecule has 3 heterocycles. The van der Waals surface area contributed by atoms with Crippen molar-refractivity contribution in [3.05, 3.63) is 78.3 Å². The first kappa shape index (κ1) is 27.2. The predicted octanol–water partition coefficient (Wildman–Crippen LogP) is 4.49. The van der Waals surface area contributed by atoms with Gasteiger partial charge in [0.15, 0.2) is 5.17 Å². The quantitative estimate of drug-likeness (QED) is 0.377. The number of nitrogens with one attached hydrogen (secondary N) is 2. The minimum absolute atomic E-state index is 0.129. The van der Waals surface area contributed by atoms with Crippen LogP contribution in [-0.2, 0) is 20.9 Å². The maximum absolute atomic E-state index is 13.6. The number of hydrogen-bond acceptors (Lipinski definition) is 8. The lowest BCUT2D eigenvalue weighted by molar-refractivity contribution is -0.125. The molecule has 5 rings (SSSR count). The molecular weight excluding hydrogens is 530 g/mol. The lowest BCUT2D eigenvalue weighted by Gasteiger charge is -2.27. The van der Waals surface area contributed by atoms with E-state index in [2.05, 4.69) is 10.6 Å². The molecule has 0 fully saturated rings. The zero-order valence-electron chi connectivity index (χ0n) is 22.1. The number of furan rings is 1. The number of benzene rings is 2. The second-order valence-corrected chi connectivity index (χ2v) is 10.4. The number of rotatable bonds is 10. The Kier molecular flexibility index (Phi) is 8.30. The number of ether oxygens (including phenoxy) is 1. The molecule has 11 heteroatoms. The monoisotopic (exact) mass is 559 g/mol. The number of carbonyl (C=O) groups excluding carboxylic acids is 3. The summed E-state index contributed by atoms with van der Waals surface area (Å²) in [4.78, 5) is 50.2. The molecule has 2 atom stereocenters. The molecule has 0 saturated heterocycles. The van der Waals surface area contributed by atoms with E-state index in [4.69, 9.17) is 19.1 Å². The predicted molar refractivity (Wildman–Crippen MR) is 154 cm³/mol. The lowest BCUT2D eigenvalue weighted by atomic mass is 10.1. The number of methoxy groups -OCH3 is 1. The Morgan fingerprint density at radius 3 is 2.77 bits per heavy atom. The summed E-state index contributed by atoms with van der Waals surface area (Å²) in [6, 6.07) is 17.4. The van der Waals surface area contributed by atoms with E-state index >= 15 is 0 Å². The van der Waals surface area contributed by atoms with Crippen molar-refractivity contribution in [2.45, 2.75) is 44.0 Å². The highest BCUT2D eigenvalue weighted by Gasteiger charge is 2.42. The van der Waals surface area contributed by atoms with Crippen LogP contribution in [0.25, 0.3) is 0 Å². The van der Waals surface area contributed by atoms with Gasteiger partial charge in [0.1, 0.15) is 23.4 Å². The Hall–Kier alpha value is -4.38. The van der Waals surface area contributed by atoms with E-state index in [9.17, 15) is 14.4 Å². The van der Waals surface area contributed by atoms with E-state index in [1.54, 1.807) is 49.8 Å². The fourth-order valence-electron chi connectivity index (χ4n) is 4.40. The van der Waals surface area contributed by atoms with Crippen LogP contribution in [0, 0.1) is 0 Å². The number of fused-ring (bicyclic) bond motifs is 3. The number of para-hydroxylation sites is 1. The van der Waals surface area contributed by atoms with Gasteiger partial charge in [-0.25, -0.2) is 9.89 Å². The molecule has 2 aliphatic heterocycles. The fourth-order valence-corrected chi connectivity index (χ4v) is 5.42. The first-order valence-electron chi connectivity index (χ1n) is 13.0. The maximum Gasteiger partial charge on any atom is 0.259 e. The number of hydrogen-bond donors (Lipinski definition) is 2. The summed E-state index contributed by atoms with van der Waals surface area (Å²) in [6.07, 6.45) is 2.43. The molecule has 0 spiro atoms. The van der Waals surface area contributed by atoms with Crippen LogP contribution in [0.1, 0.15) is 37.5 Å². The van der Waals surface area contributed by atoms with Crippen molar-refractivity contribution in [1.29, 1.82) is 0 Å². The molecule has 0 bridgehead atoms. The van der Waals surface area contributed by atoms with Gasteiger partial charge in [0, 0.05) is 23.7 Å². The van der Waals surface area contributed by atoms with Gasteiger partial charge in [-0.3, -0.25) is 19.4 Å². The van der Waals surface area contributed by atoms with Crippen LogP contribution in [0.4, 0.5) is 11.4 Å². The molecule has 0 radical (unpaired) electrons. The first-order chi connectivity index (χ1) is 19.5. The van der Waals surface area contributed by atoms with Crippen molar-refractivity contribution in [2.75, 3.05) is 12.4 Å². The second-order valence-electron chi connectivity index (χ2n) is 9.18. The highest BCUT2D eigenvalue weighted by atomic mass is 32.2. The summed E-state index contributed by atoms with van der Waals surface area (Å²) >= 11 is 1.22. The minimum atomic E-state index is -0.730. The number of carbonyl (C=O) groups is 3. The van der Waals surface area contributed by atoms with Crippen molar-refractivity contribution < 1.29 is 23.5 Å². The molecule has 0 saturated carbocycles. The second kappa shape index (κ2) is 12.2. The van der Waals surface area contributed by atoms with E-state index in [1.807, 2.05) is 31.2 Å². The molecule has 206 valence electrons. The van der Waals surface area contributed by atoms with E-state index in [0.29, 0.717) is 40.3 Å². The van der Waals surface area contributed by atoms with Crippen molar-refractivity contribution in [1.82, 2.24) is 10.2 Å². The Bertz CT molecular complexity index is 1470. The zero-order valence-corrected chi connectivity index (χ0v) is 22.9. The summed E-state index contributed by atoms with van der Waals surface area (Å²) in [5, 5.41) is 5.60. The van der Waals surface area contributed by atoms with Crippen LogP contribution in [0.3, 0.4) is 0 Å². The van der Waals surface area contributed by atoms with Crippen LogP contribution in [0.15, 0.2) is 81.3 Å². The van der Waals surface area contributed by atoms with E-state index in [1.165, 1.54) is 16.7 Å². The number of amidine groups is 2. The topological polar surface area (TPSA) is 126 Å². The molecule has 1 aromatic heterocycles. The average molecular weight is 560 g/mol. The van der Waals surface area contributed by atoms with Gasteiger partial charge in [-0.2, -0.15) is 0 Å². The summed E-state index contributed by atoms with van der Waals surface area (Å²) in [5.41, 5.74) is 2.02. The van der Waals surface area contributed by atoms with Crippen LogP contribution in [0.5, 0.6) is 5.75 Å². The third-order valence-corrected chi connectivity index (χ3v) is 7.80. The smallest absolute Gasteiger partial charge is 0.259 e. The third kappa shape index (κ3) is 5.94. The van der Waals surface area contributed by atoms with Crippen molar-refractivity contribution in [2.24, 2.45) is 9.98 Å². The fraction of sp³-hybridized carbons (Fsp3) is 0.276. The Labute approximate surface area is 235 Å². The summed E-state index contributed by atoms with van der Waals surface area (Å²) in [5.74, 6) is 1.10. The molecular formula is C29H29N5O5S. The van der Waals surface area contributed by atoms with Crippen LogP contribution in [-0.4, -0.2) is 52.0 Å². The molecule has 3 aromatic rings. The molecule has 2 aliphatic rings. The van der Waals surface area contributed by atoms with Gasteiger partial charge < -0.3 is 19.8 Å². The molecule has 0 unspecified atom stereocenters. The minimum Gasteiger partial charge on any atom is -0.497 e. The van der Waals surface area contributed by atoms with Crippen molar-refractivity contribution in [3.8, 4) is 5.75 Å². The van der Waals surface area contributed by atoms with Gasteiger partial charge in [-0.1, -0.05) is 36.9 Å². The van der Waals surface area contributed by atoms with Crippen LogP contribution < -0.4 is 15.4 Å². The molecule has 10 nitrogen and oxygen atoms in total. The Balaban J connectivity index is 1.30. The Morgan fingerprint density at radius 2 is 2.00 bits per heavy atom. The molecule has 2 aromatic carbocycles. The summed E-state index contributed by atoms with van der Waals surface area (Å²) < 4.78 is 10.5. The largest absolute Gasteiger partial charge is 0.497 e. The van der Waals surface area contributed by atoms with E-state index in [0.717, 1.165) is 5.56 Å². The van der Waals surface area contributed by atoms with Gasteiger partial charge in [-0.15, -0.1) is 0 Å². The summed E-state index contributed by atoms with van der Waals surface area (Å²) in [7, 11) is 1.57. The summed E-state index contributed by atoms with van der Waals surface area (Å²) in [6.45, 7) is 2.19. The molecule has 2 N–H and O–H groups in total. The van der Waals surface area contributed by atoms with Gasteiger partial charge in [-0.05, 0) is 49.2 Å². The zero-order chi connectivity index (χ0) is 28.1. The van der Waals surface area contributed by atoms with Crippen molar-refractivity contribution >= 4 is 51.9 Å². The van der Waals surface area contributed by atoms with Gasteiger partial charge in [0.25, 0.3) is 5.91 Å². The SMILES string of the molecule is CC[C@@H](SC1=Nc2ccccc2C2=N[C@@H](CCC(=O)NCc3ccco3)C(=O)N12)C(=O)Nc1cccc(OC)c1. The van der Waals surface area contributed by atoms with Gasteiger partial charge in [0.2, 0.25) is 11.8 Å². The number of anilines is 1. The van der Waals surface area contributed by atoms with E-state index in [-0.39, 0.29) is 37.1 Å². The third-order valence-electron chi connectivity index (χ3n) is 6.48. The first-order valence-corrected chi connectivity index (χ1v) is 13.8. The average Bonchev–Trinajstić information content (AvgIpc) is 3.61.